The Kier molecular flexibility index (Phi) is 4.63. The molecule has 0 fully saturated rings. The van der Waals surface area contributed by atoms with Crippen molar-refractivity contribution in [3.05, 3.63) is 57.9 Å². The molecule has 0 aliphatic carbocycles. The minimum Gasteiger partial charge on any atom is -0.496 e. The molecule has 3 heteroatoms. The fourth-order valence-electron chi connectivity index (χ4n) is 2.55. The summed E-state index contributed by atoms with van der Waals surface area (Å²) in [6.45, 7) is 8.09. The molecule has 0 spiro atoms. The van der Waals surface area contributed by atoms with Crippen LogP contribution in [0.3, 0.4) is 0 Å². The first kappa shape index (κ1) is 15.5. The van der Waals surface area contributed by atoms with E-state index in [2.05, 4.69) is 18.8 Å². The zero-order chi connectivity index (χ0) is 15.6. The molecule has 3 nitrogen and oxygen atoms in total. The molecule has 1 unspecified atom stereocenters. The van der Waals surface area contributed by atoms with Crippen molar-refractivity contribution in [3.63, 3.8) is 0 Å². The van der Waals surface area contributed by atoms with Crippen LogP contribution in [0.5, 0.6) is 5.75 Å². The van der Waals surface area contributed by atoms with Gasteiger partial charge in [-0.1, -0.05) is 18.2 Å². The summed E-state index contributed by atoms with van der Waals surface area (Å²) in [4.78, 5) is 4.45. The topological polar surface area (TPSA) is 42.4 Å². The molecule has 0 saturated carbocycles. The molecule has 0 aliphatic heterocycles. The van der Waals surface area contributed by atoms with Crippen molar-refractivity contribution in [1.29, 1.82) is 0 Å². The largest absolute Gasteiger partial charge is 0.496 e. The lowest BCUT2D eigenvalue weighted by molar-refractivity contribution is 0.176. The van der Waals surface area contributed by atoms with Crippen LogP contribution in [0.4, 0.5) is 0 Å². The number of aliphatic hydroxyl groups excluding tert-OH is 1. The van der Waals surface area contributed by atoms with Gasteiger partial charge in [-0.15, -0.1) is 0 Å². The van der Waals surface area contributed by atoms with Crippen molar-refractivity contribution in [2.75, 3.05) is 7.11 Å². The Morgan fingerprint density at radius 3 is 2.43 bits per heavy atom. The standard InChI is InChI=1S/C18H23NO2/c1-11-6-7-15(8-12(11)2)17(20)9-16-14(4)18(21-5)13(3)10-19-16/h6-8,10,17,20H,9H2,1-5H3. The zero-order valence-corrected chi connectivity index (χ0v) is 13.4. The van der Waals surface area contributed by atoms with E-state index in [1.807, 2.05) is 32.0 Å². The van der Waals surface area contributed by atoms with Crippen LogP contribution in [0, 0.1) is 27.7 Å². The zero-order valence-electron chi connectivity index (χ0n) is 13.4. The fourth-order valence-corrected chi connectivity index (χ4v) is 2.55. The maximum atomic E-state index is 10.5. The molecular weight excluding hydrogens is 262 g/mol. The Hall–Kier alpha value is -1.87. The number of nitrogens with zero attached hydrogens (tertiary/aromatic N) is 1. The average molecular weight is 285 g/mol. The van der Waals surface area contributed by atoms with Crippen LogP contribution in [0.2, 0.25) is 0 Å². The highest BCUT2D eigenvalue weighted by Gasteiger charge is 2.15. The first-order chi connectivity index (χ1) is 9.93. The molecule has 112 valence electrons. The Balaban J connectivity index is 2.27. The summed E-state index contributed by atoms with van der Waals surface area (Å²) < 4.78 is 5.42. The molecule has 0 radical (unpaired) electrons. The van der Waals surface area contributed by atoms with E-state index < -0.39 is 6.10 Å². The second-order valence-electron chi connectivity index (χ2n) is 5.61. The van der Waals surface area contributed by atoms with E-state index in [9.17, 15) is 5.11 Å². The molecule has 1 N–H and O–H groups in total. The van der Waals surface area contributed by atoms with Crippen molar-refractivity contribution >= 4 is 0 Å². The summed E-state index contributed by atoms with van der Waals surface area (Å²) in [5, 5.41) is 10.5. The van der Waals surface area contributed by atoms with Crippen LogP contribution in [-0.2, 0) is 6.42 Å². The summed E-state index contributed by atoms with van der Waals surface area (Å²) in [6, 6.07) is 6.07. The number of aryl methyl sites for hydroxylation is 3. The van der Waals surface area contributed by atoms with Gasteiger partial charge in [-0.25, -0.2) is 0 Å². The number of aliphatic hydroxyl groups is 1. The quantitative estimate of drug-likeness (QED) is 0.933. The van der Waals surface area contributed by atoms with Gasteiger partial charge >= 0.3 is 0 Å². The minimum absolute atomic E-state index is 0.491. The van der Waals surface area contributed by atoms with E-state index in [0.29, 0.717) is 6.42 Å². The number of benzene rings is 1. The molecule has 21 heavy (non-hydrogen) atoms. The van der Waals surface area contributed by atoms with Crippen LogP contribution >= 0.6 is 0 Å². The first-order valence-electron chi connectivity index (χ1n) is 7.18. The van der Waals surface area contributed by atoms with Crippen molar-refractivity contribution < 1.29 is 9.84 Å². The van der Waals surface area contributed by atoms with Gasteiger partial charge in [0.15, 0.2) is 0 Å². The maximum Gasteiger partial charge on any atom is 0.128 e. The van der Waals surface area contributed by atoms with Gasteiger partial charge in [-0.3, -0.25) is 4.98 Å². The summed E-state index contributed by atoms with van der Waals surface area (Å²) >= 11 is 0. The van der Waals surface area contributed by atoms with Crippen molar-refractivity contribution in [2.45, 2.75) is 40.2 Å². The van der Waals surface area contributed by atoms with Gasteiger partial charge < -0.3 is 9.84 Å². The second kappa shape index (κ2) is 6.27. The van der Waals surface area contributed by atoms with Gasteiger partial charge in [0.1, 0.15) is 5.75 Å². The van der Waals surface area contributed by atoms with Gasteiger partial charge in [0.25, 0.3) is 0 Å². The third-order valence-corrected chi connectivity index (χ3v) is 4.05. The molecule has 2 rings (SSSR count). The van der Waals surface area contributed by atoms with E-state index in [0.717, 1.165) is 28.1 Å². The van der Waals surface area contributed by atoms with E-state index >= 15 is 0 Å². The van der Waals surface area contributed by atoms with Gasteiger partial charge in [0, 0.05) is 29.4 Å². The highest BCUT2D eigenvalue weighted by Crippen LogP contribution is 2.27. The molecule has 1 atom stereocenters. The number of pyridine rings is 1. The van der Waals surface area contributed by atoms with Gasteiger partial charge in [-0.2, -0.15) is 0 Å². The minimum atomic E-state index is -0.553. The van der Waals surface area contributed by atoms with Crippen molar-refractivity contribution in [2.24, 2.45) is 0 Å². The Bertz CT molecular complexity index is 650. The smallest absolute Gasteiger partial charge is 0.128 e. The van der Waals surface area contributed by atoms with Gasteiger partial charge in [0.2, 0.25) is 0 Å². The Labute approximate surface area is 126 Å². The SMILES string of the molecule is COc1c(C)cnc(CC(O)c2ccc(C)c(C)c2)c1C. The normalized spacial score (nSPS) is 12.3. The Morgan fingerprint density at radius 1 is 1.10 bits per heavy atom. The third kappa shape index (κ3) is 3.24. The molecule has 1 aromatic carbocycles. The lowest BCUT2D eigenvalue weighted by Gasteiger charge is -2.16. The fraction of sp³-hybridized carbons (Fsp3) is 0.389. The molecule has 0 amide bonds. The monoisotopic (exact) mass is 285 g/mol. The number of hydrogen-bond donors (Lipinski definition) is 1. The number of ether oxygens (including phenoxy) is 1. The lowest BCUT2D eigenvalue weighted by atomic mass is 9.98. The highest BCUT2D eigenvalue weighted by atomic mass is 16.5. The molecule has 0 saturated heterocycles. The third-order valence-electron chi connectivity index (χ3n) is 4.05. The lowest BCUT2D eigenvalue weighted by Crippen LogP contribution is -2.07. The first-order valence-corrected chi connectivity index (χ1v) is 7.18. The van der Waals surface area contributed by atoms with Crippen molar-refractivity contribution in [3.8, 4) is 5.75 Å². The molecule has 0 bridgehead atoms. The van der Waals surface area contributed by atoms with E-state index in [-0.39, 0.29) is 0 Å². The number of methoxy groups -OCH3 is 1. The van der Waals surface area contributed by atoms with Crippen molar-refractivity contribution in [1.82, 2.24) is 4.98 Å². The molecular formula is C18H23NO2. The maximum absolute atomic E-state index is 10.5. The molecule has 1 aromatic heterocycles. The Morgan fingerprint density at radius 2 is 1.81 bits per heavy atom. The number of hydrogen-bond acceptors (Lipinski definition) is 3. The summed E-state index contributed by atoms with van der Waals surface area (Å²) in [6.07, 6.45) is 1.74. The molecule has 1 heterocycles. The van der Waals surface area contributed by atoms with E-state index in [4.69, 9.17) is 4.74 Å². The van der Waals surface area contributed by atoms with Crippen LogP contribution < -0.4 is 4.74 Å². The van der Waals surface area contributed by atoms with Crippen LogP contribution in [0.25, 0.3) is 0 Å². The van der Waals surface area contributed by atoms with Crippen LogP contribution in [0.15, 0.2) is 24.4 Å². The van der Waals surface area contributed by atoms with E-state index in [1.54, 1.807) is 13.3 Å². The molecule has 2 aromatic rings. The van der Waals surface area contributed by atoms with E-state index in [1.165, 1.54) is 11.1 Å². The predicted molar refractivity (Wildman–Crippen MR) is 84.8 cm³/mol. The van der Waals surface area contributed by atoms with Crippen LogP contribution in [-0.4, -0.2) is 17.2 Å². The number of aromatic nitrogens is 1. The van der Waals surface area contributed by atoms with Crippen LogP contribution in [0.1, 0.15) is 39.6 Å². The van der Waals surface area contributed by atoms with Gasteiger partial charge in [-0.05, 0) is 44.4 Å². The summed E-state index contributed by atoms with van der Waals surface area (Å²) in [7, 11) is 1.67. The highest BCUT2D eigenvalue weighted by molar-refractivity contribution is 5.41. The second-order valence-corrected chi connectivity index (χ2v) is 5.61. The summed E-state index contributed by atoms with van der Waals surface area (Å²) in [5.41, 5.74) is 6.25. The van der Waals surface area contributed by atoms with Gasteiger partial charge in [0.05, 0.1) is 13.2 Å². The average Bonchev–Trinajstić information content (AvgIpc) is 2.45. The predicted octanol–water partition coefficient (Wildman–Crippen LogP) is 3.60. The summed E-state index contributed by atoms with van der Waals surface area (Å²) in [5.74, 6) is 0.854. The molecule has 0 aliphatic rings. The number of rotatable bonds is 4.